The highest BCUT2D eigenvalue weighted by atomic mass is 16.3. The van der Waals surface area contributed by atoms with E-state index in [1.165, 1.54) is 0 Å². The predicted octanol–water partition coefficient (Wildman–Crippen LogP) is 1.45. The number of aliphatic hydroxyl groups is 1. The summed E-state index contributed by atoms with van der Waals surface area (Å²) in [5, 5.41) is 17.1. The number of nitrogens with zero attached hydrogens (tertiary/aromatic N) is 3. The molecule has 17 heavy (non-hydrogen) atoms. The lowest BCUT2D eigenvalue weighted by Crippen LogP contribution is -2.12. The first-order valence-corrected chi connectivity index (χ1v) is 6.10. The summed E-state index contributed by atoms with van der Waals surface area (Å²) < 4.78 is 1.73. The molecule has 96 valence electrons. The molecule has 0 amide bonds. The van der Waals surface area contributed by atoms with Gasteiger partial charge >= 0.3 is 0 Å². The third-order valence-corrected chi connectivity index (χ3v) is 2.70. The Labute approximate surface area is 102 Å². The fourth-order valence-corrected chi connectivity index (χ4v) is 1.61. The summed E-state index contributed by atoms with van der Waals surface area (Å²) in [4.78, 5) is 10.9. The van der Waals surface area contributed by atoms with Gasteiger partial charge in [-0.25, -0.2) is 4.68 Å². The van der Waals surface area contributed by atoms with Crippen molar-refractivity contribution in [3.8, 4) is 0 Å². The molecule has 0 bridgehead atoms. The van der Waals surface area contributed by atoms with Crippen LogP contribution in [0.25, 0.3) is 0 Å². The topological polar surface area (TPSA) is 68.0 Å². The number of aliphatic hydroxyl groups excluding tert-OH is 1. The lowest BCUT2D eigenvalue weighted by molar-refractivity contribution is 0.111. The number of carbonyl (C=O) groups is 1. The monoisotopic (exact) mass is 239 g/mol. The van der Waals surface area contributed by atoms with Crippen molar-refractivity contribution in [2.24, 2.45) is 5.92 Å². The van der Waals surface area contributed by atoms with Gasteiger partial charge in [0, 0.05) is 6.54 Å². The van der Waals surface area contributed by atoms with Crippen LogP contribution in [-0.4, -0.2) is 32.5 Å². The molecular weight excluding hydrogens is 218 g/mol. The van der Waals surface area contributed by atoms with Crippen LogP contribution in [0.15, 0.2) is 0 Å². The maximum absolute atomic E-state index is 10.9. The Hall–Kier alpha value is -1.23. The van der Waals surface area contributed by atoms with Crippen molar-refractivity contribution in [3.05, 3.63) is 11.4 Å². The first-order chi connectivity index (χ1) is 8.04. The van der Waals surface area contributed by atoms with Gasteiger partial charge in [-0.3, -0.25) is 4.79 Å². The van der Waals surface area contributed by atoms with Gasteiger partial charge in [-0.1, -0.05) is 19.1 Å². The number of aromatic nitrogens is 3. The van der Waals surface area contributed by atoms with E-state index in [1.807, 2.05) is 0 Å². The second-order valence-corrected chi connectivity index (χ2v) is 4.83. The molecule has 0 aromatic carbocycles. The molecule has 1 N–H and O–H groups in total. The van der Waals surface area contributed by atoms with E-state index in [-0.39, 0.29) is 6.10 Å². The van der Waals surface area contributed by atoms with Crippen LogP contribution in [0, 0.1) is 5.92 Å². The van der Waals surface area contributed by atoms with Crippen molar-refractivity contribution >= 4 is 6.29 Å². The van der Waals surface area contributed by atoms with Crippen LogP contribution in [0.1, 0.15) is 49.8 Å². The number of aldehydes is 1. The van der Waals surface area contributed by atoms with E-state index < -0.39 is 0 Å². The van der Waals surface area contributed by atoms with Crippen LogP contribution in [-0.2, 0) is 13.0 Å². The smallest absolute Gasteiger partial charge is 0.172 e. The Morgan fingerprint density at radius 1 is 1.35 bits per heavy atom. The lowest BCUT2D eigenvalue weighted by Gasteiger charge is -2.09. The molecule has 1 aromatic rings. The summed E-state index contributed by atoms with van der Waals surface area (Å²) in [6, 6.07) is 0. The molecule has 0 radical (unpaired) electrons. The highest BCUT2D eigenvalue weighted by molar-refractivity contribution is 5.73. The normalized spacial score (nSPS) is 13.0. The van der Waals surface area contributed by atoms with E-state index in [4.69, 9.17) is 0 Å². The zero-order valence-electron chi connectivity index (χ0n) is 10.8. The molecule has 1 rings (SSSR count). The molecule has 1 atom stereocenters. The average Bonchev–Trinajstić information content (AvgIpc) is 2.65. The van der Waals surface area contributed by atoms with Crippen LogP contribution < -0.4 is 0 Å². The SMILES string of the molecule is CC(C)CCc1c(C=O)nnn1CCC(C)O. The number of rotatable bonds is 7. The largest absolute Gasteiger partial charge is 0.393 e. The van der Waals surface area contributed by atoms with Crippen molar-refractivity contribution < 1.29 is 9.90 Å². The fourth-order valence-electron chi connectivity index (χ4n) is 1.61. The zero-order chi connectivity index (χ0) is 12.8. The number of hydrogen-bond donors (Lipinski definition) is 1. The van der Waals surface area contributed by atoms with E-state index in [9.17, 15) is 9.90 Å². The number of hydrogen-bond acceptors (Lipinski definition) is 4. The molecule has 1 heterocycles. The third-order valence-electron chi connectivity index (χ3n) is 2.70. The van der Waals surface area contributed by atoms with Crippen LogP contribution in [0.4, 0.5) is 0 Å². The molecule has 1 aromatic heterocycles. The van der Waals surface area contributed by atoms with Gasteiger partial charge in [0.25, 0.3) is 0 Å². The summed E-state index contributed by atoms with van der Waals surface area (Å²) in [5.41, 5.74) is 1.31. The second-order valence-electron chi connectivity index (χ2n) is 4.83. The highest BCUT2D eigenvalue weighted by Crippen LogP contribution is 2.12. The minimum absolute atomic E-state index is 0.364. The summed E-state index contributed by atoms with van der Waals surface area (Å²) >= 11 is 0. The van der Waals surface area contributed by atoms with E-state index in [0.717, 1.165) is 24.8 Å². The number of carbonyl (C=O) groups excluding carboxylic acids is 1. The molecule has 0 fully saturated rings. The van der Waals surface area contributed by atoms with E-state index in [0.29, 0.717) is 24.6 Å². The lowest BCUT2D eigenvalue weighted by atomic mass is 10.1. The van der Waals surface area contributed by atoms with Gasteiger partial charge < -0.3 is 5.11 Å². The predicted molar refractivity (Wildman–Crippen MR) is 64.9 cm³/mol. The quantitative estimate of drug-likeness (QED) is 0.731. The van der Waals surface area contributed by atoms with Gasteiger partial charge in [0.1, 0.15) is 5.69 Å². The van der Waals surface area contributed by atoms with Crippen molar-refractivity contribution in [2.45, 2.75) is 52.7 Å². The Balaban J connectivity index is 2.74. The van der Waals surface area contributed by atoms with Gasteiger partial charge in [-0.15, -0.1) is 5.10 Å². The van der Waals surface area contributed by atoms with E-state index in [1.54, 1.807) is 11.6 Å². The summed E-state index contributed by atoms with van der Waals surface area (Å²) in [7, 11) is 0. The van der Waals surface area contributed by atoms with Crippen molar-refractivity contribution in [1.29, 1.82) is 0 Å². The summed E-state index contributed by atoms with van der Waals surface area (Å²) in [6.45, 7) is 6.63. The third kappa shape index (κ3) is 4.26. The molecule has 5 heteroatoms. The maximum Gasteiger partial charge on any atom is 0.172 e. The average molecular weight is 239 g/mol. The van der Waals surface area contributed by atoms with Gasteiger partial charge in [-0.05, 0) is 32.1 Å². The minimum Gasteiger partial charge on any atom is -0.393 e. The molecule has 0 aliphatic carbocycles. The highest BCUT2D eigenvalue weighted by Gasteiger charge is 2.13. The van der Waals surface area contributed by atoms with Crippen molar-refractivity contribution in [2.75, 3.05) is 0 Å². The maximum atomic E-state index is 10.9. The minimum atomic E-state index is -0.364. The molecule has 0 saturated heterocycles. The Kier molecular flexibility index (Phi) is 5.28. The summed E-state index contributed by atoms with van der Waals surface area (Å²) in [6.07, 6.45) is 2.82. The first-order valence-electron chi connectivity index (χ1n) is 6.10. The standard InChI is InChI=1S/C12H21N3O2/c1-9(2)4-5-12-11(8-16)13-14-15(12)7-6-10(3)17/h8-10,17H,4-7H2,1-3H3. The summed E-state index contributed by atoms with van der Waals surface area (Å²) in [5.74, 6) is 0.578. The zero-order valence-corrected chi connectivity index (χ0v) is 10.8. The van der Waals surface area contributed by atoms with Crippen LogP contribution in [0.5, 0.6) is 0 Å². The number of aryl methyl sites for hydroxylation is 1. The first kappa shape index (κ1) is 13.8. The fraction of sp³-hybridized carbons (Fsp3) is 0.750. The Bertz CT molecular complexity index is 359. The molecule has 5 nitrogen and oxygen atoms in total. The second kappa shape index (κ2) is 6.49. The molecule has 0 aliphatic heterocycles. The van der Waals surface area contributed by atoms with Gasteiger partial charge in [-0.2, -0.15) is 0 Å². The van der Waals surface area contributed by atoms with Gasteiger partial charge in [0.2, 0.25) is 0 Å². The molecule has 0 aliphatic rings. The van der Waals surface area contributed by atoms with Gasteiger partial charge in [0.05, 0.1) is 11.8 Å². The van der Waals surface area contributed by atoms with Crippen LogP contribution in [0.2, 0.25) is 0 Å². The Morgan fingerprint density at radius 3 is 2.59 bits per heavy atom. The van der Waals surface area contributed by atoms with Crippen LogP contribution >= 0.6 is 0 Å². The van der Waals surface area contributed by atoms with Crippen molar-refractivity contribution in [1.82, 2.24) is 15.0 Å². The van der Waals surface area contributed by atoms with E-state index in [2.05, 4.69) is 24.2 Å². The van der Waals surface area contributed by atoms with E-state index >= 15 is 0 Å². The van der Waals surface area contributed by atoms with Crippen LogP contribution in [0.3, 0.4) is 0 Å². The Morgan fingerprint density at radius 2 is 2.06 bits per heavy atom. The molecule has 1 unspecified atom stereocenters. The van der Waals surface area contributed by atoms with Gasteiger partial charge in [0.15, 0.2) is 6.29 Å². The molecular formula is C12H21N3O2. The molecule has 0 spiro atoms. The molecule has 0 saturated carbocycles. The van der Waals surface area contributed by atoms with Crippen molar-refractivity contribution in [3.63, 3.8) is 0 Å².